The van der Waals surface area contributed by atoms with E-state index >= 15 is 0 Å². The highest BCUT2D eigenvalue weighted by Gasteiger charge is 2.19. The molecule has 2 aliphatic heterocycles. The fourth-order valence-electron chi connectivity index (χ4n) is 2.84. The summed E-state index contributed by atoms with van der Waals surface area (Å²) >= 11 is 1.71. The van der Waals surface area contributed by atoms with E-state index in [0.29, 0.717) is 6.42 Å². The van der Waals surface area contributed by atoms with Gasteiger partial charge in [0.1, 0.15) is 0 Å². The van der Waals surface area contributed by atoms with Crippen molar-refractivity contribution in [2.45, 2.75) is 19.3 Å². The number of fused-ring (bicyclic) bond motifs is 1. The molecule has 0 unspecified atom stereocenters. The van der Waals surface area contributed by atoms with Gasteiger partial charge in [-0.2, -0.15) is 0 Å². The van der Waals surface area contributed by atoms with Crippen molar-refractivity contribution in [3.8, 4) is 11.3 Å². The highest BCUT2D eigenvalue weighted by atomic mass is 32.1. The minimum absolute atomic E-state index is 0.0770. The first kappa shape index (κ1) is 11.9. The number of hydrogen-bond donors (Lipinski definition) is 1. The summed E-state index contributed by atoms with van der Waals surface area (Å²) in [6.07, 6.45) is 3.01. The maximum absolute atomic E-state index is 11.4. The summed E-state index contributed by atoms with van der Waals surface area (Å²) in [5, 5.41) is 6.09. The zero-order chi connectivity index (χ0) is 13.5. The number of anilines is 2. The van der Waals surface area contributed by atoms with E-state index in [1.807, 2.05) is 12.1 Å². The van der Waals surface area contributed by atoms with Crippen LogP contribution in [0.1, 0.15) is 18.4 Å². The lowest BCUT2D eigenvalue weighted by Gasteiger charge is -2.12. The van der Waals surface area contributed by atoms with Crippen molar-refractivity contribution in [2.24, 2.45) is 0 Å². The second-order valence-electron chi connectivity index (χ2n) is 5.31. The van der Waals surface area contributed by atoms with Crippen LogP contribution in [0.2, 0.25) is 0 Å². The number of hydrogen-bond acceptors (Lipinski definition) is 4. The van der Waals surface area contributed by atoms with E-state index in [1.54, 1.807) is 11.3 Å². The number of thiazole rings is 1. The van der Waals surface area contributed by atoms with Gasteiger partial charge in [0.05, 0.1) is 12.1 Å². The molecular weight excluding hydrogens is 270 g/mol. The van der Waals surface area contributed by atoms with Crippen LogP contribution in [0.25, 0.3) is 11.3 Å². The van der Waals surface area contributed by atoms with Crippen molar-refractivity contribution >= 4 is 28.1 Å². The molecule has 3 heterocycles. The normalized spacial score (nSPS) is 17.4. The minimum Gasteiger partial charge on any atom is -0.348 e. The highest BCUT2D eigenvalue weighted by Crippen LogP contribution is 2.32. The predicted molar refractivity (Wildman–Crippen MR) is 81.3 cm³/mol. The third kappa shape index (κ3) is 1.98. The molecule has 0 aliphatic carbocycles. The summed E-state index contributed by atoms with van der Waals surface area (Å²) < 4.78 is 0. The van der Waals surface area contributed by atoms with E-state index in [1.165, 1.54) is 12.8 Å². The van der Waals surface area contributed by atoms with Gasteiger partial charge < -0.3 is 10.2 Å². The Morgan fingerprint density at radius 2 is 2.10 bits per heavy atom. The number of benzene rings is 1. The van der Waals surface area contributed by atoms with Crippen LogP contribution >= 0.6 is 11.3 Å². The van der Waals surface area contributed by atoms with Crippen LogP contribution in [0.3, 0.4) is 0 Å². The lowest BCUT2D eigenvalue weighted by molar-refractivity contribution is -0.115. The molecule has 1 aromatic carbocycles. The van der Waals surface area contributed by atoms with Crippen LogP contribution in [0.15, 0.2) is 23.6 Å². The van der Waals surface area contributed by atoms with Crippen molar-refractivity contribution < 1.29 is 4.79 Å². The van der Waals surface area contributed by atoms with Gasteiger partial charge in [-0.15, -0.1) is 11.3 Å². The Hall–Kier alpha value is -1.88. The van der Waals surface area contributed by atoms with Gasteiger partial charge in [0.15, 0.2) is 5.13 Å². The molecule has 0 spiro atoms. The third-order valence-corrected chi connectivity index (χ3v) is 4.80. The molecule has 0 atom stereocenters. The Kier molecular flexibility index (Phi) is 2.73. The molecule has 1 N–H and O–H groups in total. The molecule has 1 fully saturated rings. The maximum Gasteiger partial charge on any atom is 0.228 e. The maximum atomic E-state index is 11.4. The smallest absolute Gasteiger partial charge is 0.228 e. The van der Waals surface area contributed by atoms with E-state index < -0.39 is 0 Å². The van der Waals surface area contributed by atoms with Gasteiger partial charge >= 0.3 is 0 Å². The number of nitrogens with one attached hydrogen (secondary N) is 1. The van der Waals surface area contributed by atoms with Crippen LogP contribution in [0.5, 0.6) is 0 Å². The Morgan fingerprint density at radius 1 is 1.25 bits per heavy atom. The first-order valence-corrected chi connectivity index (χ1v) is 7.81. The topological polar surface area (TPSA) is 45.2 Å². The molecule has 5 heteroatoms. The monoisotopic (exact) mass is 285 g/mol. The minimum atomic E-state index is 0.0770. The zero-order valence-corrected chi connectivity index (χ0v) is 11.9. The molecule has 20 heavy (non-hydrogen) atoms. The Balaban J connectivity index is 1.64. The molecular formula is C15H15N3OS. The van der Waals surface area contributed by atoms with Crippen molar-refractivity contribution in [1.82, 2.24) is 4.98 Å². The lowest BCUT2D eigenvalue weighted by atomic mass is 10.1. The number of carbonyl (C=O) groups is 1. The fraction of sp³-hybridized carbons (Fsp3) is 0.333. The van der Waals surface area contributed by atoms with Crippen LogP contribution < -0.4 is 10.2 Å². The molecule has 102 valence electrons. The van der Waals surface area contributed by atoms with Crippen LogP contribution in [0.4, 0.5) is 10.8 Å². The molecule has 1 aromatic heterocycles. The predicted octanol–water partition coefficient (Wildman–Crippen LogP) is 2.90. The summed E-state index contributed by atoms with van der Waals surface area (Å²) in [7, 11) is 0. The molecule has 4 nitrogen and oxygen atoms in total. The number of rotatable bonds is 2. The fourth-order valence-corrected chi connectivity index (χ4v) is 3.73. The van der Waals surface area contributed by atoms with E-state index in [-0.39, 0.29) is 5.91 Å². The van der Waals surface area contributed by atoms with Gasteiger partial charge in [-0.05, 0) is 30.5 Å². The molecule has 1 amide bonds. The number of amides is 1. The van der Waals surface area contributed by atoms with E-state index in [4.69, 9.17) is 4.98 Å². The first-order valence-electron chi connectivity index (χ1n) is 6.93. The second kappa shape index (κ2) is 4.59. The van der Waals surface area contributed by atoms with Crippen molar-refractivity contribution in [2.75, 3.05) is 23.3 Å². The quantitative estimate of drug-likeness (QED) is 0.922. The van der Waals surface area contributed by atoms with E-state index in [0.717, 1.165) is 40.7 Å². The largest absolute Gasteiger partial charge is 0.348 e. The summed E-state index contributed by atoms with van der Waals surface area (Å²) in [6.45, 7) is 2.24. The molecule has 4 rings (SSSR count). The van der Waals surface area contributed by atoms with Gasteiger partial charge in [0.25, 0.3) is 0 Å². The van der Waals surface area contributed by atoms with Crippen molar-refractivity contribution in [3.05, 3.63) is 29.1 Å². The van der Waals surface area contributed by atoms with E-state index in [9.17, 15) is 4.79 Å². The van der Waals surface area contributed by atoms with Gasteiger partial charge in [-0.3, -0.25) is 4.79 Å². The SMILES string of the molecule is O=C1Cc2cc(-c3csc(N4CCCC4)n3)ccc2N1. The molecule has 0 radical (unpaired) electrons. The van der Waals surface area contributed by atoms with Crippen LogP contribution in [0, 0.1) is 0 Å². The lowest BCUT2D eigenvalue weighted by Crippen LogP contribution is -2.17. The summed E-state index contributed by atoms with van der Waals surface area (Å²) in [4.78, 5) is 18.5. The summed E-state index contributed by atoms with van der Waals surface area (Å²) in [6, 6.07) is 6.09. The molecule has 2 aromatic rings. The Bertz CT molecular complexity index is 674. The van der Waals surface area contributed by atoms with Gasteiger partial charge in [-0.1, -0.05) is 6.07 Å². The van der Waals surface area contributed by atoms with Crippen molar-refractivity contribution in [1.29, 1.82) is 0 Å². The van der Waals surface area contributed by atoms with E-state index in [2.05, 4.69) is 21.7 Å². The number of nitrogens with zero attached hydrogens (tertiary/aromatic N) is 2. The zero-order valence-electron chi connectivity index (χ0n) is 11.1. The third-order valence-electron chi connectivity index (χ3n) is 3.89. The number of aromatic nitrogens is 1. The Morgan fingerprint density at radius 3 is 2.95 bits per heavy atom. The molecule has 0 saturated carbocycles. The van der Waals surface area contributed by atoms with Gasteiger partial charge in [-0.25, -0.2) is 4.98 Å². The first-order chi connectivity index (χ1) is 9.79. The summed E-state index contributed by atoms with van der Waals surface area (Å²) in [5.74, 6) is 0.0770. The van der Waals surface area contributed by atoms with Crippen LogP contribution in [-0.2, 0) is 11.2 Å². The van der Waals surface area contributed by atoms with Gasteiger partial charge in [0.2, 0.25) is 5.91 Å². The average Bonchev–Trinajstić information content (AvgIpc) is 3.17. The Labute approximate surface area is 121 Å². The van der Waals surface area contributed by atoms with Crippen LogP contribution in [-0.4, -0.2) is 24.0 Å². The molecule has 2 aliphatic rings. The van der Waals surface area contributed by atoms with Crippen molar-refractivity contribution in [3.63, 3.8) is 0 Å². The molecule has 0 bridgehead atoms. The number of carbonyl (C=O) groups excluding carboxylic acids is 1. The average molecular weight is 285 g/mol. The summed E-state index contributed by atoms with van der Waals surface area (Å²) in [5.41, 5.74) is 4.12. The second-order valence-corrected chi connectivity index (χ2v) is 6.14. The highest BCUT2D eigenvalue weighted by molar-refractivity contribution is 7.14. The molecule has 1 saturated heterocycles. The standard InChI is InChI=1S/C15H15N3OS/c19-14-8-11-7-10(3-4-12(11)16-14)13-9-20-15(17-13)18-5-1-2-6-18/h3-4,7,9H,1-2,5-6,8H2,(H,16,19). The van der Waals surface area contributed by atoms with Gasteiger partial charge in [0, 0.05) is 29.7 Å².